The van der Waals surface area contributed by atoms with Crippen LogP contribution in [-0.2, 0) is 9.84 Å². The van der Waals surface area contributed by atoms with Crippen LogP contribution >= 0.6 is 0 Å². The summed E-state index contributed by atoms with van der Waals surface area (Å²) >= 11 is 0. The monoisotopic (exact) mass is 241 g/mol. The second-order valence-corrected chi connectivity index (χ2v) is 6.59. The molecule has 16 heavy (non-hydrogen) atoms. The highest BCUT2D eigenvalue weighted by Gasteiger charge is 2.26. The zero-order valence-corrected chi connectivity index (χ0v) is 10.6. The van der Waals surface area contributed by atoms with E-state index in [1.165, 1.54) is 0 Å². The predicted molar refractivity (Wildman–Crippen MR) is 66.9 cm³/mol. The zero-order chi connectivity index (χ0) is 12.2. The molecule has 1 aromatic carbocycles. The molecule has 90 valence electrons. The van der Waals surface area contributed by atoms with Crippen LogP contribution in [-0.4, -0.2) is 20.7 Å². The molecular weight excluding hydrogens is 222 g/mol. The van der Waals surface area contributed by atoms with Crippen molar-refractivity contribution in [2.24, 2.45) is 11.7 Å². The van der Waals surface area contributed by atoms with Crippen LogP contribution < -0.4 is 5.73 Å². The number of sulfone groups is 1. The first-order valence-corrected chi connectivity index (χ1v) is 7.15. The third-order valence-corrected chi connectivity index (χ3v) is 4.85. The second kappa shape index (κ2) is 5.46. The molecule has 1 aromatic rings. The third-order valence-electron chi connectivity index (χ3n) is 2.38. The van der Waals surface area contributed by atoms with E-state index in [9.17, 15) is 8.42 Å². The van der Waals surface area contributed by atoms with E-state index < -0.39 is 15.1 Å². The molecule has 0 bridgehead atoms. The van der Waals surface area contributed by atoms with Gasteiger partial charge in [0.15, 0.2) is 9.84 Å². The Balaban J connectivity index is 3.00. The van der Waals surface area contributed by atoms with Crippen molar-refractivity contribution >= 4 is 9.84 Å². The van der Waals surface area contributed by atoms with E-state index >= 15 is 0 Å². The van der Waals surface area contributed by atoms with Crippen molar-refractivity contribution in [3.05, 3.63) is 35.9 Å². The molecule has 0 amide bonds. The summed E-state index contributed by atoms with van der Waals surface area (Å²) in [5.74, 6) is 0.312. The minimum Gasteiger partial charge on any atom is -0.329 e. The molecule has 0 radical (unpaired) electrons. The summed E-state index contributed by atoms with van der Waals surface area (Å²) in [6.45, 7) is 3.94. The molecule has 1 unspecified atom stereocenters. The highest BCUT2D eigenvalue weighted by atomic mass is 32.2. The molecule has 3 nitrogen and oxygen atoms in total. The Morgan fingerprint density at radius 2 is 1.75 bits per heavy atom. The number of hydrogen-bond donors (Lipinski definition) is 1. The maximum atomic E-state index is 12.1. The third kappa shape index (κ3) is 3.32. The van der Waals surface area contributed by atoms with Gasteiger partial charge in [-0.3, -0.25) is 0 Å². The van der Waals surface area contributed by atoms with E-state index in [1.807, 2.05) is 44.2 Å². The summed E-state index contributed by atoms with van der Waals surface area (Å²) in [5, 5.41) is -0.573. The quantitative estimate of drug-likeness (QED) is 0.854. The van der Waals surface area contributed by atoms with Crippen LogP contribution in [0.5, 0.6) is 0 Å². The van der Waals surface area contributed by atoms with Crippen molar-refractivity contribution in [1.29, 1.82) is 0 Å². The minimum absolute atomic E-state index is 0.128. The molecule has 0 heterocycles. The van der Waals surface area contributed by atoms with E-state index in [1.54, 1.807) is 0 Å². The topological polar surface area (TPSA) is 60.2 Å². The maximum Gasteiger partial charge on any atom is 0.158 e. The first-order chi connectivity index (χ1) is 7.47. The van der Waals surface area contributed by atoms with Crippen LogP contribution in [0.1, 0.15) is 24.7 Å². The smallest absolute Gasteiger partial charge is 0.158 e. The number of nitrogens with two attached hydrogens (primary N) is 1. The molecule has 4 heteroatoms. The Labute approximate surface area is 97.6 Å². The highest BCUT2D eigenvalue weighted by molar-refractivity contribution is 7.91. The fraction of sp³-hybridized carbons (Fsp3) is 0.500. The standard InChI is InChI=1S/C12H19NO2S/c1-10(2)9-16(14,15)12(8-13)11-6-4-3-5-7-11/h3-7,10,12H,8-9,13H2,1-2H3. The Kier molecular flexibility index (Phi) is 4.50. The zero-order valence-electron chi connectivity index (χ0n) is 9.76. The van der Waals surface area contributed by atoms with Gasteiger partial charge in [-0.1, -0.05) is 44.2 Å². The summed E-state index contributed by atoms with van der Waals surface area (Å²) in [5.41, 5.74) is 6.37. The number of benzene rings is 1. The van der Waals surface area contributed by atoms with Crippen molar-refractivity contribution in [3.8, 4) is 0 Å². The van der Waals surface area contributed by atoms with Gasteiger partial charge in [0.1, 0.15) is 0 Å². The number of hydrogen-bond acceptors (Lipinski definition) is 3. The van der Waals surface area contributed by atoms with Gasteiger partial charge in [0, 0.05) is 6.54 Å². The average Bonchev–Trinajstić information content (AvgIpc) is 2.17. The van der Waals surface area contributed by atoms with Crippen molar-refractivity contribution in [3.63, 3.8) is 0 Å². The van der Waals surface area contributed by atoms with Crippen molar-refractivity contribution in [2.45, 2.75) is 19.1 Å². The summed E-state index contributed by atoms with van der Waals surface area (Å²) in [6.07, 6.45) is 0. The molecule has 1 atom stereocenters. The van der Waals surface area contributed by atoms with E-state index in [-0.39, 0.29) is 18.2 Å². The number of rotatable bonds is 5. The van der Waals surface area contributed by atoms with Crippen LogP contribution in [0.2, 0.25) is 0 Å². The van der Waals surface area contributed by atoms with E-state index in [0.29, 0.717) is 0 Å². The molecule has 0 spiro atoms. The summed E-state index contributed by atoms with van der Waals surface area (Å²) in [6, 6.07) is 9.17. The summed E-state index contributed by atoms with van der Waals surface area (Å²) in [7, 11) is -3.15. The molecule has 0 aliphatic heterocycles. The normalized spacial score (nSPS) is 14.0. The Bertz CT molecular complexity index is 412. The van der Waals surface area contributed by atoms with Crippen molar-refractivity contribution < 1.29 is 8.42 Å². The Hall–Kier alpha value is -0.870. The Morgan fingerprint density at radius 3 is 2.19 bits per heavy atom. The van der Waals surface area contributed by atoms with Crippen LogP contribution in [0, 0.1) is 5.92 Å². The largest absolute Gasteiger partial charge is 0.329 e. The van der Waals surface area contributed by atoms with Crippen LogP contribution in [0.25, 0.3) is 0 Å². The SMILES string of the molecule is CC(C)CS(=O)(=O)C(CN)c1ccccc1. The molecular formula is C12H19NO2S. The van der Waals surface area contributed by atoms with Crippen molar-refractivity contribution in [1.82, 2.24) is 0 Å². The fourth-order valence-electron chi connectivity index (χ4n) is 1.74. The summed E-state index contributed by atoms with van der Waals surface area (Å²) in [4.78, 5) is 0. The van der Waals surface area contributed by atoms with Crippen LogP contribution in [0.3, 0.4) is 0 Å². The molecule has 0 aliphatic rings. The van der Waals surface area contributed by atoms with Gasteiger partial charge in [-0.05, 0) is 11.5 Å². The lowest BCUT2D eigenvalue weighted by molar-refractivity contribution is 0.569. The van der Waals surface area contributed by atoms with Gasteiger partial charge in [0.2, 0.25) is 0 Å². The highest BCUT2D eigenvalue weighted by Crippen LogP contribution is 2.23. The first kappa shape index (κ1) is 13.2. The second-order valence-electron chi connectivity index (χ2n) is 4.36. The van der Waals surface area contributed by atoms with Gasteiger partial charge in [-0.15, -0.1) is 0 Å². The van der Waals surface area contributed by atoms with E-state index in [4.69, 9.17) is 5.73 Å². The van der Waals surface area contributed by atoms with Gasteiger partial charge < -0.3 is 5.73 Å². The van der Waals surface area contributed by atoms with E-state index in [0.717, 1.165) is 5.56 Å². The maximum absolute atomic E-state index is 12.1. The average molecular weight is 241 g/mol. The fourth-order valence-corrected chi connectivity index (χ4v) is 3.77. The Morgan fingerprint density at radius 1 is 1.19 bits per heavy atom. The van der Waals surface area contributed by atoms with Gasteiger partial charge in [-0.25, -0.2) is 8.42 Å². The lowest BCUT2D eigenvalue weighted by Gasteiger charge is -2.17. The van der Waals surface area contributed by atoms with E-state index in [2.05, 4.69) is 0 Å². The molecule has 0 saturated heterocycles. The minimum atomic E-state index is -3.15. The lowest BCUT2D eigenvalue weighted by Crippen LogP contribution is -2.26. The van der Waals surface area contributed by atoms with Gasteiger partial charge in [0.25, 0.3) is 0 Å². The molecule has 0 fully saturated rings. The van der Waals surface area contributed by atoms with Crippen LogP contribution in [0.15, 0.2) is 30.3 Å². The molecule has 0 aliphatic carbocycles. The first-order valence-electron chi connectivity index (χ1n) is 5.44. The predicted octanol–water partition coefficient (Wildman–Crippen LogP) is 1.76. The van der Waals surface area contributed by atoms with Gasteiger partial charge >= 0.3 is 0 Å². The van der Waals surface area contributed by atoms with Crippen molar-refractivity contribution in [2.75, 3.05) is 12.3 Å². The van der Waals surface area contributed by atoms with Gasteiger partial charge in [-0.2, -0.15) is 0 Å². The van der Waals surface area contributed by atoms with Crippen LogP contribution in [0.4, 0.5) is 0 Å². The molecule has 1 rings (SSSR count). The molecule has 2 N–H and O–H groups in total. The van der Waals surface area contributed by atoms with Gasteiger partial charge in [0.05, 0.1) is 11.0 Å². The lowest BCUT2D eigenvalue weighted by atomic mass is 10.1. The molecule has 0 saturated carbocycles. The molecule has 0 aromatic heterocycles. The summed E-state index contributed by atoms with van der Waals surface area (Å²) < 4.78 is 24.2.